The number of aliphatic hydroxyl groups is 1. The minimum atomic E-state index is -0.112. The Kier molecular flexibility index (Phi) is 7.29. The fraction of sp³-hybridized carbons (Fsp3) is 1.00. The van der Waals surface area contributed by atoms with Gasteiger partial charge in [-0.3, -0.25) is 0 Å². The summed E-state index contributed by atoms with van der Waals surface area (Å²) in [5.41, 5.74) is 0. The van der Waals surface area contributed by atoms with Gasteiger partial charge < -0.3 is 10.0 Å². The van der Waals surface area contributed by atoms with Gasteiger partial charge in [0.05, 0.1) is 6.10 Å². The molecule has 13 heavy (non-hydrogen) atoms. The van der Waals surface area contributed by atoms with Crippen molar-refractivity contribution < 1.29 is 5.11 Å². The molecule has 0 aliphatic rings. The first kappa shape index (κ1) is 12.9. The maximum absolute atomic E-state index is 9.37. The smallest absolute Gasteiger partial charge is 0.0549 e. The van der Waals surface area contributed by atoms with Crippen molar-refractivity contribution in [2.24, 2.45) is 5.92 Å². The molecule has 0 aromatic rings. The monoisotopic (exact) mass is 187 g/mol. The molecule has 1 N–H and O–H groups in total. The molecule has 0 aromatic heterocycles. The van der Waals surface area contributed by atoms with E-state index in [-0.39, 0.29) is 6.10 Å². The van der Waals surface area contributed by atoms with Crippen molar-refractivity contribution in [1.82, 2.24) is 4.90 Å². The van der Waals surface area contributed by atoms with E-state index in [9.17, 15) is 5.11 Å². The van der Waals surface area contributed by atoms with Crippen LogP contribution in [0.4, 0.5) is 0 Å². The summed E-state index contributed by atoms with van der Waals surface area (Å²) in [6.45, 7) is 8.68. The fourth-order valence-corrected chi connectivity index (χ4v) is 1.33. The van der Waals surface area contributed by atoms with Gasteiger partial charge in [-0.2, -0.15) is 0 Å². The Morgan fingerprint density at radius 2 is 1.85 bits per heavy atom. The second-order valence-electron chi connectivity index (χ2n) is 4.13. The molecule has 2 heteroatoms. The summed E-state index contributed by atoms with van der Waals surface area (Å²) in [6, 6.07) is 0. The van der Waals surface area contributed by atoms with E-state index >= 15 is 0 Å². The summed E-state index contributed by atoms with van der Waals surface area (Å²) in [7, 11) is 2.13. The largest absolute Gasteiger partial charge is 0.393 e. The van der Waals surface area contributed by atoms with Crippen molar-refractivity contribution in [3.8, 4) is 0 Å². The van der Waals surface area contributed by atoms with Crippen LogP contribution in [0.25, 0.3) is 0 Å². The minimum Gasteiger partial charge on any atom is -0.393 e. The van der Waals surface area contributed by atoms with Crippen LogP contribution in [-0.4, -0.2) is 36.2 Å². The summed E-state index contributed by atoms with van der Waals surface area (Å²) in [5.74, 6) is 0.767. The van der Waals surface area contributed by atoms with Gasteiger partial charge in [0.15, 0.2) is 0 Å². The first-order chi connectivity index (χ1) is 6.10. The van der Waals surface area contributed by atoms with E-state index in [1.165, 1.54) is 6.42 Å². The second kappa shape index (κ2) is 7.34. The van der Waals surface area contributed by atoms with E-state index in [1.807, 2.05) is 6.92 Å². The molecule has 0 radical (unpaired) electrons. The highest BCUT2D eigenvalue weighted by Crippen LogP contribution is 2.04. The van der Waals surface area contributed by atoms with E-state index in [1.54, 1.807) is 0 Å². The van der Waals surface area contributed by atoms with E-state index in [0.717, 1.165) is 31.8 Å². The molecule has 0 aromatic carbocycles. The molecule has 0 spiro atoms. The minimum absolute atomic E-state index is 0.112. The maximum atomic E-state index is 9.37. The molecule has 2 nitrogen and oxygen atoms in total. The lowest BCUT2D eigenvalue weighted by atomic mass is 10.1. The second-order valence-corrected chi connectivity index (χ2v) is 4.13. The zero-order chi connectivity index (χ0) is 10.3. The van der Waals surface area contributed by atoms with E-state index < -0.39 is 0 Å². The highest BCUT2D eigenvalue weighted by atomic mass is 16.3. The number of aliphatic hydroxyl groups excluding tert-OH is 1. The summed E-state index contributed by atoms with van der Waals surface area (Å²) in [4.78, 5) is 2.31. The lowest BCUT2D eigenvalue weighted by Gasteiger charge is -2.21. The first-order valence-corrected chi connectivity index (χ1v) is 5.46. The van der Waals surface area contributed by atoms with Gasteiger partial charge in [0, 0.05) is 13.1 Å². The van der Waals surface area contributed by atoms with Gasteiger partial charge in [-0.15, -0.1) is 0 Å². The number of rotatable bonds is 7. The van der Waals surface area contributed by atoms with Crippen LogP contribution in [0.1, 0.15) is 40.0 Å². The third-order valence-electron chi connectivity index (χ3n) is 2.64. The van der Waals surface area contributed by atoms with Crippen LogP contribution in [0.15, 0.2) is 0 Å². The van der Waals surface area contributed by atoms with Crippen molar-refractivity contribution in [2.75, 3.05) is 20.1 Å². The fourth-order valence-electron chi connectivity index (χ4n) is 1.33. The van der Waals surface area contributed by atoms with Crippen molar-refractivity contribution in [3.05, 3.63) is 0 Å². The van der Waals surface area contributed by atoms with Crippen LogP contribution in [0.5, 0.6) is 0 Å². The zero-order valence-corrected chi connectivity index (χ0v) is 9.58. The van der Waals surface area contributed by atoms with Crippen LogP contribution in [0, 0.1) is 5.92 Å². The standard InChI is InChI=1S/C11H25NO/c1-5-10(3)9-12(4)8-7-11(13)6-2/h10-11,13H,5-9H2,1-4H3. The summed E-state index contributed by atoms with van der Waals surface area (Å²) < 4.78 is 0. The van der Waals surface area contributed by atoms with Crippen LogP contribution >= 0.6 is 0 Å². The van der Waals surface area contributed by atoms with Crippen LogP contribution < -0.4 is 0 Å². The molecule has 0 aliphatic carbocycles. The molecular weight excluding hydrogens is 162 g/mol. The first-order valence-electron chi connectivity index (χ1n) is 5.46. The lowest BCUT2D eigenvalue weighted by molar-refractivity contribution is 0.139. The Morgan fingerprint density at radius 1 is 1.23 bits per heavy atom. The predicted molar refractivity (Wildman–Crippen MR) is 57.9 cm³/mol. The van der Waals surface area contributed by atoms with Crippen LogP contribution in [-0.2, 0) is 0 Å². The van der Waals surface area contributed by atoms with E-state index in [0.29, 0.717) is 0 Å². The lowest BCUT2D eigenvalue weighted by Crippen LogP contribution is -2.27. The van der Waals surface area contributed by atoms with Crippen molar-refractivity contribution in [1.29, 1.82) is 0 Å². The average molecular weight is 187 g/mol. The molecule has 0 amide bonds. The van der Waals surface area contributed by atoms with E-state index in [2.05, 4.69) is 25.8 Å². The molecular formula is C11H25NO. The molecule has 0 saturated carbocycles. The predicted octanol–water partition coefficient (Wildman–Crippen LogP) is 2.13. The summed E-state index contributed by atoms with van der Waals surface area (Å²) in [6.07, 6.45) is 2.90. The van der Waals surface area contributed by atoms with Gasteiger partial charge >= 0.3 is 0 Å². The number of nitrogens with zero attached hydrogens (tertiary/aromatic N) is 1. The quantitative estimate of drug-likeness (QED) is 0.660. The van der Waals surface area contributed by atoms with Crippen molar-refractivity contribution >= 4 is 0 Å². The normalized spacial score (nSPS) is 16.2. The topological polar surface area (TPSA) is 23.5 Å². The molecule has 2 unspecified atom stereocenters. The van der Waals surface area contributed by atoms with Gasteiger partial charge in [-0.05, 0) is 25.8 Å². The third kappa shape index (κ3) is 7.03. The molecule has 0 saturated heterocycles. The molecule has 0 bridgehead atoms. The van der Waals surface area contributed by atoms with Crippen molar-refractivity contribution in [2.45, 2.75) is 46.1 Å². The van der Waals surface area contributed by atoms with Gasteiger partial charge in [0.1, 0.15) is 0 Å². The number of hydrogen-bond acceptors (Lipinski definition) is 2. The Labute approximate surface area is 82.9 Å². The van der Waals surface area contributed by atoms with Crippen molar-refractivity contribution in [3.63, 3.8) is 0 Å². The molecule has 80 valence electrons. The average Bonchev–Trinajstić information content (AvgIpc) is 2.13. The number of hydrogen-bond donors (Lipinski definition) is 1. The van der Waals surface area contributed by atoms with Crippen LogP contribution in [0.2, 0.25) is 0 Å². The van der Waals surface area contributed by atoms with E-state index in [4.69, 9.17) is 0 Å². The van der Waals surface area contributed by atoms with Gasteiger partial charge in [0.2, 0.25) is 0 Å². The molecule has 2 atom stereocenters. The Bertz CT molecular complexity index is 117. The molecule has 0 aliphatic heterocycles. The summed E-state index contributed by atoms with van der Waals surface area (Å²) in [5, 5.41) is 9.37. The Balaban J connectivity index is 3.45. The molecule has 0 rings (SSSR count). The SMILES string of the molecule is CCC(C)CN(C)CCC(O)CC. The maximum Gasteiger partial charge on any atom is 0.0549 e. The molecule has 0 heterocycles. The molecule has 0 fully saturated rings. The summed E-state index contributed by atoms with van der Waals surface area (Å²) >= 11 is 0. The zero-order valence-electron chi connectivity index (χ0n) is 9.58. The van der Waals surface area contributed by atoms with Crippen LogP contribution in [0.3, 0.4) is 0 Å². The Morgan fingerprint density at radius 3 is 2.31 bits per heavy atom. The van der Waals surface area contributed by atoms with Gasteiger partial charge in [-0.1, -0.05) is 27.2 Å². The highest BCUT2D eigenvalue weighted by molar-refractivity contribution is 4.60. The Hall–Kier alpha value is -0.0800. The highest BCUT2D eigenvalue weighted by Gasteiger charge is 2.06. The van der Waals surface area contributed by atoms with Gasteiger partial charge in [-0.25, -0.2) is 0 Å². The third-order valence-corrected chi connectivity index (χ3v) is 2.64. The van der Waals surface area contributed by atoms with Gasteiger partial charge in [0.25, 0.3) is 0 Å².